The monoisotopic (exact) mass is 440 g/mol. The van der Waals surface area contributed by atoms with Crippen LogP contribution < -0.4 is 11.2 Å². The SMILES string of the molecule is COCCn1c(=O)c2c(nc(-n3nc(C)c(C)c3C)n2Cc2ccc(F)cc2)n(C)c1=O. The molecule has 4 rings (SSSR count). The predicted molar refractivity (Wildman–Crippen MR) is 118 cm³/mol. The molecule has 0 atom stereocenters. The van der Waals surface area contributed by atoms with Crippen molar-refractivity contribution in [1.82, 2.24) is 28.5 Å². The van der Waals surface area contributed by atoms with Crippen LogP contribution in [0.5, 0.6) is 0 Å². The first-order valence-corrected chi connectivity index (χ1v) is 10.2. The molecule has 168 valence electrons. The summed E-state index contributed by atoms with van der Waals surface area (Å²) in [4.78, 5) is 30.9. The van der Waals surface area contributed by atoms with E-state index in [0.29, 0.717) is 5.95 Å². The molecule has 0 aliphatic heterocycles. The third-order valence-electron chi connectivity index (χ3n) is 5.83. The number of ether oxygens (including phenoxy) is 1. The van der Waals surface area contributed by atoms with Gasteiger partial charge in [-0.05, 0) is 44.0 Å². The van der Waals surface area contributed by atoms with E-state index in [1.807, 2.05) is 20.8 Å². The Morgan fingerprint density at radius 3 is 2.34 bits per heavy atom. The minimum atomic E-state index is -0.470. The van der Waals surface area contributed by atoms with Crippen LogP contribution in [0.2, 0.25) is 0 Å². The second-order valence-electron chi connectivity index (χ2n) is 7.80. The molecule has 9 nitrogen and oxygen atoms in total. The van der Waals surface area contributed by atoms with Crippen LogP contribution in [-0.2, 0) is 24.9 Å². The van der Waals surface area contributed by atoms with E-state index in [9.17, 15) is 14.0 Å². The van der Waals surface area contributed by atoms with Crippen LogP contribution in [0.3, 0.4) is 0 Å². The predicted octanol–water partition coefficient (Wildman–Crippen LogP) is 1.84. The fraction of sp³-hybridized carbons (Fsp3) is 0.364. The topological polar surface area (TPSA) is 88.9 Å². The van der Waals surface area contributed by atoms with Crippen molar-refractivity contribution in [2.24, 2.45) is 7.05 Å². The molecule has 3 heterocycles. The van der Waals surface area contributed by atoms with Gasteiger partial charge in [0.15, 0.2) is 11.2 Å². The van der Waals surface area contributed by atoms with Crippen molar-refractivity contribution in [1.29, 1.82) is 0 Å². The molecule has 0 spiro atoms. The summed E-state index contributed by atoms with van der Waals surface area (Å²) in [5.41, 5.74) is 3.11. The number of methoxy groups -OCH3 is 1. The summed E-state index contributed by atoms with van der Waals surface area (Å²) >= 11 is 0. The van der Waals surface area contributed by atoms with Crippen molar-refractivity contribution in [2.75, 3.05) is 13.7 Å². The lowest BCUT2D eigenvalue weighted by atomic mass is 10.2. The molecule has 0 bridgehead atoms. The van der Waals surface area contributed by atoms with Gasteiger partial charge in [0.25, 0.3) is 5.56 Å². The van der Waals surface area contributed by atoms with Gasteiger partial charge in [-0.15, -0.1) is 0 Å². The normalized spacial score (nSPS) is 11.6. The Morgan fingerprint density at radius 1 is 1.06 bits per heavy atom. The quantitative estimate of drug-likeness (QED) is 0.457. The van der Waals surface area contributed by atoms with Crippen LogP contribution in [0.1, 0.15) is 22.5 Å². The van der Waals surface area contributed by atoms with Crippen LogP contribution in [0.25, 0.3) is 17.1 Å². The first-order chi connectivity index (χ1) is 15.2. The molecule has 4 aromatic rings. The first-order valence-electron chi connectivity index (χ1n) is 10.2. The fourth-order valence-electron chi connectivity index (χ4n) is 3.74. The van der Waals surface area contributed by atoms with Crippen LogP contribution in [0, 0.1) is 26.6 Å². The van der Waals surface area contributed by atoms with Gasteiger partial charge in [0.1, 0.15) is 5.82 Å². The number of rotatable bonds is 6. The second-order valence-corrected chi connectivity index (χ2v) is 7.80. The third-order valence-corrected chi connectivity index (χ3v) is 5.83. The van der Waals surface area contributed by atoms with E-state index in [1.165, 1.54) is 23.8 Å². The highest BCUT2D eigenvalue weighted by Gasteiger charge is 2.23. The molecule has 0 fully saturated rings. The smallest absolute Gasteiger partial charge is 0.332 e. The maximum absolute atomic E-state index is 13.5. The molecule has 0 aliphatic carbocycles. The maximum atomic E-state index is 13.5. The summed E-state index contributed by atoms with van der Waals surface area (Å²) in [6.07, 6.45) is 0. The molecular weight excluding hydrogens is 415 g/mol. The van der Waals surface area contributed by atoms with Gasteiger partial charge in [-0.3, -0.25) is 18.5 Å². The Bertz CT molecular complexity index is 1430. The third kappa shape index (κ3) is 3.46. The highest BCUT2D eigenvalue weighted by molar-refractivity contribution is 5.73. The fourth-order valence-corrected chi connectivity index (χ4v) is 3.74. The van der Waals surface area contributed by atoms with Crippen LogP contribution in [-0.4, -0.2) is 42.2 Å². The molecule has 0 unspecified atom stereocenters. The summed E-state index contributed by atoms with van der Waals surface area (Å²) in [5.74, 6) is 0.0672. The largest absolute Gasteiger partial charge is 0.383 e. The molecule has 0 radical (unpaired) electrons. The van der Waals surface area contributed by atoms with Gasteiger partial charge in [-0.25, -0.2) is 13.9 Å². The van der Waals surface area contributed by atoms with Gasteiger partial charge in [0.2, 0.25) is 5.95 Å². The molecular formula is C22H25FN6O3. The van der Waals surface area contributed by atoms with Crippen molar-refractivity contribution in [2.45, 2.75) is 33.9 Å². The van der Waals surface area contributed by atoms with Crippen molar-refractivity contribution in [3.63, 3.8) is 0 Å². The summed E-state index contributed by atoms with van der Waals surface area (Å²) in [6, 6.07) is 6.05. The van der Waals surface area contributed by atoms with E-state index in [2.05, 4.69) is 10.1 Å². The zero-order chi connectivity index (χ0) is 23.2. The van der Waals surface area contributed by atoms with Gasteiger partial charge in [0, 0.05) is 19.9 Å². The van der Waals surface area contributed by atoms with Gasteiger partial charge in [-0.1, -0.05) is 12.1 Å². The minimum absolute atomic E-state index is 0.119. The summed E-state index contributed by atoms with van der Waals surface area (Å²) in [6.45, 7) is 6.38. The summed E-state index contributed by atoms with van der Waals surface area (Å²) in [7, 11) is 3.09. The highest BCUT2D eigenvalue weighted by Crippen LogP contribution is 2.21. The molecule has 0 amide bonds. The van der Waals surface area contributed by atoms with Gasteiger partial charge < -0.3 is 4.74 Å². The summed E-state index contributed by atoms with van der Waals surface area (Å²) < 4.78 is 24.4. The molecule has 3 aromatic heterocycles. The van der Waals surface area contributed by atoms with Gasteiger partial charge in [-0.2, -0.15) is 10.1 Å². The summed E-state index contributed by atoms with van der Waals surface area (Å²) in [5, 5.41) is 4.60. The Balaban J connectivity index is 2.06. The number of hydrogen-bond acceptors (Lipinski definition) is 5. The number of imidazole rings is 1. The van der Waals surface area contributed by atoms with Crippen LogP contribution in [0.4, 0.5) is 4.39 Å². The lowest BCUT2D eigenvalue weighted by Crippen LogP contribution is -2.40. The minimum Gasteiger partial charge on any atom is -0.383 e. The molecule has 1 aromatic carbocycles. The molecule has 0 aliphatic rings. The van der Waals surface area contributed by atoms with Crippen molar-refractivity contribution < 1.29 is 9.13 Å². The average Bonchev–Trinajstić information content (AvgIpc) is 3.26. The van der Waals surface area contributed by atoms with Gasteiger partial charge in [0.05, 0.1) is 25.4 Å². The number of nitrogens with zero attached hydrogens (tertiary/aromatic N) is 6. The number of hydrogen-bond donors (Lipinski definition) is 0. The van der Waals surface area contributed by atoms with E-state index >= 15 is 0 Å². The number of benzene rings is 1. The number of fused-ring (bicyclic) bond motifs is 1. The Labute approximate surface area is 183 Å². The Kier molecular flexibility index (Phi) is 5.55. The zero-order valence-electron chi connectivity index (χ0n) is 18.7. The standard InChI is InChI=1S/C22H25FN6O3/c1-13-14(2)25-29(15(13)3)21-24-19-18(28(21)12-16-6-8-17(23)9-7-16)20(30)27(10-11-32-5)22(31)26(19)4/h6-9H,10-12H2,1-5H3. The molecule has 0 saturated carbocycles. The molecule has 0 N–H and O–H groups in total. The van der Waals surface area contributed by atoms with Crippen LogP contribution in [0.15, 0.2) is 33.9 Å². The lowest BCUT2D eigenvalue weighted by Gasteiger charge is -2.12. The van der Waals surface area contributed by atoms with Crippen molar-refractivity contribution in [3.8, 4) is 5.95 Å². The molecule has 0 saturated heterocycles. The Hall–Kier alpha value is -3.53. The number of aromatic nitrogens is 6. The van der Waals surface area contributed by atoms with E-state index < -0.39 is 11.2 Å². The van der Waals surface area contributed by atoms with Gasteiger partial charge >= 0.3 is 5.69 Å². The van der Waals surface area contributed by atoms with E-state index in [-0.39, 0.29) is 36.7 Å². The maximum Gasteiger partial charge on any atom is 0.332 e. The lowest BCUT2D eigenvalue weighted by molar-refractivity contribution is 0.184. The molecule has 10 heteroatoms. The average molecular weight is 440 g/mol. The first kappa shape index (κ1) is 21.7. The zero-order valence-corrected chi connectivity index (χ0v) is 18.7. The number of halogens is 1. The second kappa shape index (κ2) is 8.19. The van der Waals surface area contributed by atoms with E-state index in [4.69, 9.17) is 4.74 Å². The number of aryl methyl sites for hydroxylation is 2. The Morgan fingerprint density at radius 2 is 1.75 bits per heavy atom. The highest BCUT2D eigenvalue weighted by atomic mass is 19.1. The molecule has 32 heavy (non-hydrogen) atoms. The van der Waals surface area contributed by atoms with E-state index in [1.54, 1.807) is 28.4 Å². The van der Waals surface area contributed by atoms with Crippen molar-refractivity contribution in [3.05, 3.63) is 73.4 Å². The van der Waals surface area contributed by atoms with Crippen LogP contribution >= 0.6 is 0 Å². The van der Waals surface area contributed by atoms with E-state index in [0.717, 1.165) is 27.1 Å². The van der Waals surface area contributed by atoms with Crippen molar-refractivity contribution >= 4 is 11.2 Å².